The van der Waals surface area contributed by atoms with Gasteiger partial charge in [-0.25, -0.2) is 4.79 Å². The number of aromatic amines is 1. The fraction of sp³-hybridized carbons (Fsp3) is 0.128. The van der Waals surface area contributed by atoms with Gasteiger partial charge in [-0.3, -0.25) is 19.1 Å². The molecule has 6 aromatic carbocycles. The van der Waals surface area contributed by atoms with Gasteiger partial charge in [0.25, 0.3) is 5.56 Å². The van der Waals surface area contributed by atoms with E-state index < -0.39 is 46.7 Å². The van der Waals surface area contributed by atoms with Crippen molar-refractivity contribution in [3.8, 4) is 0 Å². The first-order valence-electron chi connectivity index (χ1n) is 18.2. The number of rotatable bonds is 12. The molecule has 0 saturated carbocycles. The van der Waals surface area contributed by atoms with Gasteiger partial charge in [0, 0.05) is 12.3 Å². The Hall–Kier alpha value is -6.45. The molecule has 8 nitrogen and oxygen atoms in total. The van der Waals surface area contributed by atoms with Crippen LogP contribution in [0, 0.1) is 0 Å². The van der Waals surface area contributed by atoms with Gasteiger partial charge in [0.1, 0.15) is 17.3 Å². The molecular formula is C47H38N2O6. The zero-order valence-electron chi connectivity index (χ0n) is 29.8. The van der Waals surface area contributed by atoms with Crippen molar-refractivity contribution in [3.63, 3.8) is 0 Å². The van der Waals surface area contributed by atoms with Crippen LogP contribution < -0.4 is 11.2 Å². The second-order valence-corrected chi connectivity index (χ2v) is 13.4. The molecule has 1 aliphatic rings. The average Bonchev–Trinajstić information content (AvgIpc) is 3.55. The van der Waals surface area contributed by atoms with Gasteiger partial charge in [-0.1, -0.05) is 182 Å². The molecule has 272 valence electrons. The maximum Gasteiger partial charge on any atom is 0.330 e. The number of hydrogen-bond acceptors (Lipinski definition) is 6. The molecule has 0 bridgehead atoms. The van der Waals surface area contributed by atoms with Gasteiger partial charge in [-0.2, -0.15) is 0 Å². The summed E-state index contributed by atoms with van der Waals surface area (Å²) in [7, 11) is 0. The monoisotopic (exact) mass is 726 g/mol. The molecule has 0 amide bonds. The number of benzene rings is 6. The SMILES string of the molecule is O=C1C(OC(c2ccccc2)(c2ccccc2)c2ccccc2)C(COC(c2ccccc2)(c2ccccc2)c2ccccc2)OC1n1ccc(=O)[nH]c1=O. The number of ether oxygens (including phenoxy) is 3. The second kappa shape index (κ2) is 15.5. The molecule has 55 heavy (non-hydrogen) atoms. The number of carbonyl (C=O) groups excluding carboxylic acids is 1. The minimum absolute atomic E-state index is 0.127. The first-order chi connectivity index (χ1) is 27.0. The van der Waals surface area contributed by atoms with Gasteiger partial charge in [-0.15, -0.1) is 0 Å². The summed E-state index contributed by atoms with van der Waals surface area (Å²) in [6, 6.07) is 60.2. The molecule has 0 spiro atoms. The highest BCUT2D eigenvalue weighted by Crippen LogP contribution is 2.45. The van der Waals surface area contributed by atoms with Crippen molar-refractivity contribution in [3.05, 3.63) is 248 Å². The van der Waals surface area contributed by atoms with Crippen LogP contribution in [0.5, 0.6) is 0 Å². The Morgan fingerprint density at radius 1 is 0.509 bits per heavy atom. The highest BCUT2D eigenvalue weighted by atomic mass is 16.6. The summed E-state index contributed by atoms with van der Waals surface area (Å²) in [5.41, 5.74) is 1.17. The maximum atomic E-state index is 14.9. The molecule has 8 heteroatoms. The summed E-state index contributed by atoms with van der Waals surface area (Å²) in [5.74, 6) is -0.500. The molecule has 1 saturated heterocycles. The summed E-state index contributed by atoms with van der Waals surface area (Å²) in [6.45, 7) is -0.127. The Bertz CT molecular complexity index is 2260. The number of nitrogens with one attached hydrogen (secondary N) is 1. The molecule has 1 aromatic heterocycles. The van der Waals surface area contributed by atoms with E-state index in [1.165, 1.54) is 12.3 Å². The lowest BCUT2D eigenvalue weighted by atomic mass is 9.79. The maximum absolute atomic E-state index is 14.9. The van der Waals surface area contributed by atoms with Crippen molar-refractivity contribution in [2.75, 3.05) is 6.61 Å². The minimum atomic E-state index is -1.41. The molecule has 8 rings (SSSR count). The molecule has 0 radical (unpaired) electrons. The third-order valence-corrected chi connectivity index (χ3v) is 10.1. The molecule has 3 unspecified atom stereocenters. The zero-order valence-corrected chi connectivity index (χ0v) is 29.8. The van der Waals surface area contributed by atoms with Crippen LogP contribution in [0.15, 0.2) is 204 Å². The van der Waals surface area contributed by atoms with E-state index in [1.54, 1.807) is 0 Å². The van der Waals surface area contributed by atoms with E-state index in [9.17, 15) is 14.4 Å². The summed E-state index contributed by atoms with van der Waals surface area (Å²) in [6.07, 6.45) is -2.43. The Labute approximate surface area is 318 Å². The van der Waals surface area contributed by atoms with Crippen LogP contribution in [0.4, 0.5) is 0 Å². The largest absolute Gasteiger partial charge is 0.358 e. The quantitative estimate of drug-likeness (QED) is 0.132. The lowest BCUT2D eigenvalue weighted by Gasteiger charge is -2.40. The lowest BCUT2D eigenvalue weighted by Crippen LogP contribution is -2.45. The Kier molecular flexibility index (Phi) is 10.0. The number of hydrogen-bond donors (Lipinski definition) is 1. The van der Waals surface area contributed by atoms with Crippen LogP contribution in [0.25, 0.3) is 0 Å². The van der Waals surface area contributed by atoms with Crippen molar-refractivity contribution in [2.24, 2.45) is 0 Å². The molecule has 7 aromatic rings. The first kappa shape index (κ1) is 35.6. The van der Waals surface area contributed by atoms with E-state index in [4.69, 9.17) is 14.2 Å². The molecule has 2 heterocycles. The number of aromatic nitrogens is 2. The molecule has 1 fully saturated rings. The molecule has 1 aliphatic heterocycles. The number of nitrogens with zero attached hydrogens (tertiary/aromatic N) is 1. The summed E-state index contributed by atoms with van der Waals surface area (Å²) >= 11 is 0. The van der Waals surface area contributed by atoms with Crippen molar-refractivity contribution in [2.45, 2.75) is 29.6 Å². The zero-order chi connectivity index (χ0) is 37.7. The minimum Gasteiger partial charge on any atom is -0.358 e. The topological polar surface area (TPSA) is 99.6 Å². The Morgan fingerprint density at radius 2 is 0.873 bits per heavy atom. The Balaban J connectivity index is 1.30. The smallest absolute Gasteiger partial charge is 0.330 e. The van der Waals surface area contributed by atoms with Crippen LogP contribution >= 0.6 is 0 Å². The first-order valence-corrected chi connectivity index (χ1v) is 18.2. The van der Waals surface area contributed by atoms with E-state index in [1.807, 2.05) is 182 Å². The summed E-state index contributed by atoms with van der Waals surface area (Å²) in [5, 5.41) is 0. The van der Waals surface area contributed by atoms with Crippen LogP contribution in [-0.2, 0) is 30.2 Å². The van der Waals surface area contributed by atoms with Gasteiger partial charge >= 0.3 is 5.69 Å². The van der Waals surface area contributed by atoms with E-state index in [-0.39, 0.29) is 6.61 Å². The normalized spacial score (nSPS) is 17.2. The Morgan fingerprint density at radius 3 is 1.24 bits per heavy atom. The van der Waals surface area contributed by atoms with Crippen LogP contribution in [0.3, 0.4) is 0 Å². The highest BCUT2D eigenvalue weighted by molar-refractivity contribution is 5.88. The molecule has 0 aliphatic carbocycles. The number of H-pyrrole nitrogens is 1. The van der Waals surface area contributed by atoms with Crippen LogP contribution in [-0.4, -0.2) is 34.1 Å². The summed E-state index contributed by atoms with van der Waals surface area (Å²) < 4.78 is 22.2. The van der Waals surface area contributed by atoms with E-state index in [0.29, 0.717) is 0 Å². The number of Topliss-reactive ketones (excluding diaryl/α,β-unsaturated/α-hetero) is 1. The van der Waals surface area contributed by atoms with Gasteiger partial charge in [0.15, 0.2) is 6.10 Å². The van der Waals surface area contributed by atoms with Crippen LogP contribution in [0.2, 0.25) is 0 Å². The summed E-state index contributed by atoms with van der Waals surface area (Å²) in [4.78, 5) is 42.5. The number of ketones is 1. The number of carbonyl (C=O) groups is 1. The predicted molar refractivity (Wildman–Crippen MR) is 209 cm³/mol. The van der Waals surface area contributed by atoms with Gasteiger partial charge < -0.3 is 14.2 Å². The van der Waals surface area contributed by atoms with E-state index >= 15 is 0 Å². The van der Waals surface area contributed by atoms with Gasteiger partial charge in [0.05, 0.1) is 6.61 Å². The highest BCUT2D eigenvalue weighted by Gasteiger charge is 2.52. The van der Waals surface area contributed by atoms with Crippen molar-refractivity contribution < 1.29 is 19.0 Å². The fourth-order valence-corrected chi connectivity index (χ4v) is 7.59. The standard InChI is InChI=1S/C47H38N2O6/c50-41-31-32-49(45(52)48-41)44-42(51)43(55-47(37-25-13-4-14-26-37,38-27-15-5-16-28-38)39-29-17-6-18-30-39)40(54-44)33-53-46(34-19-7-1-8-20-34,35-21-9-2-10-22-35)36-23-11-3-12-24-36/h1-32,40,43-44H,33H2,(H,48,50,52). The predicted octanol–water partition coefficient (Wildman–Crippen LogP) is 7.39. The van der Waals surface area contributed by atoms with Gasteiger partial charge in [0.2, 0.25) is 12.0 Å². The molecule has 1 N–H and O–H groups in total. The van der Waals surface area contributed by atoms with E-state index in [0.717, 1.165) is 37.9 Å². The van der Waals surface area contributed by atoms with E-state index in [2.05, 4.69) is 4.98 Å². The second-order valence-electron chi connectivity index (χ2n) is 13.4. The average molecular weight is 727 g/mol. The van der Waals surface area contributed by atoms with Crippen molar-refractivity contribution in [1.29, 1.82) is 0 Å². The van der Waals surface area contributed by atoms with Gasteiger partial charge in [-0.05, 0) is 33.4 Å². The molecular weight excluding hydrogens is 689 g/mol. The fourth-order valence-electron chi connectivity index (χ4n) is 7.59. The molecule has 3 atom stereocenters. The lowest BCUT2D eigenvalue weighted by molar-refractivity contribution is -0.141. The van der Waals surface area contributed by atoms with Crippen molar-refractivity contribution in [1.82, 2.24) is 9.55 Å². The van der Waals surface area contributed by atoms with Crippen LogP contribution in [0.1, 0.15) is 39.6 Å². The van der Waals surface area contributed by atoms with Crippen molar-refractivity contribution >= 4 is 5.78 Å². The third-order valence-electron chi connectivity index (χ3n) is 10.1. The third kappa shape index (κ3) is 6.68.